The fraction of sp³-hybridized carbons (Fsp3) is 0.0909. The van der Waals surface area contributed by atoms with Crippen molar-refractivity contribution in [3.05, 3.63) is 42.0 Å². The second-order valence-corrected chi connectivity index (χ2v) is 3.26. The molecule has 0 unspecified atom stereocenters. The van der Waals surface area contributed by atoms with Gasteiger partial charge in [0.2, 0.25) is 0 Å². The van der Waals surface area contributed by atoms with Gasteiger partial charge in [0, 0.05) is 17.0 Å². The van der Waals surface area contributed by atoms with Gasteiger partial charge in [0.1, 0.15) is 0 Å². The highest BCUT2D eigenvalue weighted by atomic mass is 35.5. The molecule has 2 aromatic rings. The van der Waals surface area contributed by atoms with E-state index >= 15 is 0 Å². The summed E-state index contributed by atoms with van der Waals surface area (Å²) in [4.78, 5) is 0. The topological polar surface area (TPSA) is 26.0 Å². The highest BCUT2D eigenvalue weighted by Crippen LogP contribution is 2.25. The van der Waals surface area contributed by atoms with Crippen molar-refractivity contribution in [1.82, 2.24) is 0 Å². The normalized spacial score (nSPS) is 10.5. The van der Waals surface area contributed by atoms with Gasteiger partial charge in [-0.15, -0.1) is 11.6 Å². The molecule has 66 valence electrons. The number of nitrogen functional groups attached to an aromatic ring is 1. The maximum absolute atomic E-state index is 5.95. The number of hydrogen-bond donors (Lipinski definition) is 1. The first-order valence-electron chi connectivity index (χ1n) is 4.15. The summed E-state index contributed by atoms with van der Waals surface area (Å²) in [6.45, 7) is 0. The van der Waals surface area contributed by atoms with Gasteiger partial charge in [-0.25, -0.2) is 0 Å². The number of alkyl halides is 1. The van der Waals surface area contributed by atoms with E-state index < -0.39 is 0 Å². The molecule has 2 heteroatoms. The first-order valence-corrected chi connectivity index (χ1v) is 4.68. The Morgan fingerprint density at radius 3 is 2.62 bits per heavy atom. The summed E-state index contributed by atoms with van der Waals surface area (Å²) in [5, 5.41) is 2.24. The molecular formula is C11H10ClN. The zero-order valence-corrected chi connectivity index (χ0v) is 7.88. The van der Waals surface area contributed by atoms with Gasteiger partial charge in [-0.3, -0.25) is 0 Å². The summed E-state index contributed by atoms with van der Waals surface area (Å²) >= 11 is 5.75. The molecule has 0 aliphatic rings. The van der Waals surface area contributed by atoms with Gasteiger partial charge < -0.3 is 5.73 Å². The average molecular weight is 192 g/mol. The molecule has 0 amide bonds. The smallest absolute Gasteiger partial charge is 0.0494 e. The van der Waals surface area contributed by atoms with Gasteiger partial charge in [-0.2, -0.15) is 0 Å². The third-order valence-electron chi connectivity index (χ3n) is 2.20. The first kappa shape index (κ1) is 8.39. The maximum atomic E-state index is 5.95. The number of hydrogen-bond acceptors (Lipinski definition) is 1. The van der Waals surface area contributed by atoms with Crippen molar-refractivity contribution in [2.24, 2.45) is 0 Å². The van der Waals surface area contributed by atoms with E-state index in [0.29, 0.717) is 5.88 Å². The van der Waals surface area contributed by atoms with Crippen LogP contribution in [0.3, 0.4) is 0 Å². The van der Waals surface area contributed by atoms with E-state index in [2.05, 4.69) is 0 Å². The predicted molar refractivity (Wildman–Crippen MR) is 57.9 cm³/mol. The SMILES string of the molecule is Nc1c(CCl)ccc2ccccc12. The van der Waals surface area contributed by atoms with Crippen LogP contribution in [0.1, 0.15) is 5.56 Å². The molecule has 0 aliphatic heterocycles. The number of halogens is 1. The van der Waals surface area contributed by atoms with Crippen LogP contribution in [0.4, 0.5) is 5.69 Å². The molecule has 0 saturated carbocycles. The molecule has 0 fully saturated rings. The summed E-state index contributed by atoms with van der Waals surface area (Å²) in [5.74, 6) is 0.469. The van der Waals surface area contributed by atoms with Crippen LogP contribution in [0.25, 0.3) is 10.8 Å². The summed E-state index contributed by atoms with van der Waals surface area (Å²) in [7, 11) is 0. The van der Waals surface area contributed by atoms with E-state index in [-0.39, 0.29) is 0 Å². The van der Waals surface area contributed by atoms with Gasteiger partial charge in [-0.05, 0) is 10.9 Å². The second kappa shape index (κ2) is 3.27. The quantitative estimate of drug-likeness (QED) is 0.544. The third-order valence-corrected chi connectivity index (χ3v) is 2.49. The van der Waals surface area contributed by atoms with E-state index in [1.54, 1.807) is 0 Å². The summed E-state index contributed by atoms with van der Waals surface area (Å²) in [5.41, 5.74) is 7.74. The molecular weight excluding hydrogens is 182 g/mol. The van der Waals surface area contributed by atoms with Gasteiger partial charge in [-0.1, -0.05) is 36.4 Å². The highest BCUT2D eigenvalue weighted by molar-refractivity contribution is 6.18. The van der Waals surface area contributed by atoms with Gasteiger partial charge >= 0.3 is 0 Å². The second-order valence-electron chi connectivity index (χ2n) is 2.99. The molecule has 0 aromatic heterocycles. The van der Waals surface area contributed by atoms with Crippen LogP contribution in [-0.2, 0) is 5.88 Å². The van der Waals surface area contributed by atoms with Crippen LogP contribution in [0.5, 0.6) is 0 Å². The molecule has 1 nitrogen and oxygen atoms in total. The third kappa shape index (κ3) is 1.36. The highest BCUT2D eigenvalue weighted by Gasteiger charge is 2.01. The Kier molecular flexibility index (Phi) is 2.11. The minimum absolute atomic E-state index is 0.469. The Balaban J connectivity index is 2.79. The maximum Gasteiger partial charge on any atom is 0.0494 e. The van der Waals surface area contributed by atoms with Crippen LogP contribution in [-0.4, -0.2) is 0 Å². The van der Waals surface area contributed by atoms with E-state index in [1.807, 2.05) is 36.4 Å². The first-order chi connectivity index (χ1) is 6.33. The molecule has 0 aliphatic carbocycles. The Morgan fingerprint density at radius 1 is 1.08 bits per heavy atom. The largest absolute Gasteiger partial charge is 0.398 e. The van der Waals surface area contributed by atoms with Gasteiger partial charge in [0.25, 0.3) is 0 Å². The lowest BCUT2D eigenvalue weighted by Gasteiger charge is -2.05. The lowest BCUT2D eigenvalue weighted by atomic mass is 10.1. The van der Waals surface area contributed by atoms with E-state index in [9.17, 15) is 0 Å². The van der Waals surface area contributed by atoms with Gasteiger partial charge in [0.05, 0.1) is 0 Å². The Labute approximate surface area is 82.1 Å². The van der Waals surface area contributed by atoms with Gasteiger partial charge in [0.15, 0.2) is 0 Å². The van der Waals surface area contributed by atoms with Crippen LogP contribution >= 0.6 is 11.6 Å². The molecule has 2 rings (SSSR count). The molecule has 2 aromatic carbocycles. The number of anilines is 1. The van der Waals surface area contributed by atoms with Crippen molar-refractivity contribution in [3.63, 3.8) is 0 Å². The zero-order valence-electron chi connectivity index (χ0n) is 7.13. The van der Waals surface area contributed by atoms with Crippen molar-refractivity contribution >= 4 is 28.1 Å². The molecule has 0 saturated heterocycles. The number of fused-ring (bicyclic) bond motifs is 1. The minimum atomic E-state index is 0.469. The summed E-state index contributed by atoms with van der Waals surface area (Å²) in [6, 6.07) is 12.1. The van der Waals surface area contributed by atoms with Crippen LogP contribution in [0.15, 0.2) is 36.4 Å². The fourth-order valence-electron chi connectivity index (χ4n) is 1.46. The number of rotatable bonds is 1. The van der Waals surface area contributed by atoms with Crippen LogP contribution < -0.4 is 5.73 Å². The van der Waals surface area contributed by atoms with Crippen molar-refractivity contribution in [3.8, 4) is 0 Å². The standard InChI is InChI=1S/C11H10ClN/c12-7-9-6-5-8-3-1-2-4-10(8)11(9)13/h1-6H,7,13H2. The zero-order chi connectivity index (χ0) is 9.26. The molecule has 2 N–H and O–H groups in total. The Bertz CT molecular complexity index is 437. The molecule has 13 heavy (non-hydrogen) atoms. The minimum Gasteiger partial charge on any atom is -0.398 e. The molecule has 0 atom stereocenters. The monoisotopic (exact) mass is 191 g/mol. The van der Waals surface area contributed by atoms with E-state index in [0.717, 1.165) is 22.0 Å². The molecule has 0 bridgehead atoms. The lowest BCUT2D eigenvalue weighted by Crippen LogP contribution is -1.92. The van der Waals surface area contributed by atoms with E-state index in [1.165, 1.54) is 0 Å². The van der Waals surface area contributed by atoms with Crippen molar-refractivity contribution in [1.29, 1.82) is 0 Å². The average Bonchev–Trinajstić information content (AvgIpc) is 2.19. The van der Waals surface area contributed by atoms with E-state index in [4.69, 9.17) is 17.3 Å². The van der Waals surface area contributed by atoms with Crippen molar-refractivity contribution in [2.45, 2.75) is 5.88 Å². The number of benzene rings is 2. The van der Waals surface area contributed by atoms with Crippen LogP contribution in [0.2, 0.25) is 0 Å². The van der Waals surface area contributed by atoms with Crippen LogP contribution in [0, 0.1) is 0 Å². The molecule has 0 radical (unpaired) electrons. The van der Waals surface area contributed by atoms with Crippen molar-refractivity contribution < 1.29 is 0 Å². The fourth-order valence-corrected chi connectivity index (χ4v) is 1.69. The molecule has 0 heterocycles. The van der Waals surface area contributed by atoms with Crippen molar-refractivity contribution in [2.75, 3.05) is 5.73 Å². The lowest BCUT2D eigenvalue weighted by molar-refractivity contribution is 1.43. The Hall–Kier alpha value is -1.21. The number of nitrogens with two attached hydrogens (primary N) is 1. The Morgan fingerprint density at radius 2 is 1.85 bits per heavy atom. The predicted octanol–water partition coefficient (Wildman–Crippen LogP) is 3.16. The summed E-state index contributed by atoms with van der Waals surface area (Å²) in [6.07, 6.45) is 0. The summed E-state index contributed by atoms with van der Waals surface area (Å²) < 4.78 is 0. The molecule has 0 spiro atoms.